The minimum atomic E-state index is -0.471. The number of anilines is 3. The van der Waals surface area contributed by atoms with E-state index in [-0.39, 0.29) is 5.91 Å². The van der Waals surface area contributed by atoms with E-state index in [1.807, 2.05) is 32.0 Å². The third-order valence-electron chi connectivity index (χ3n) is 4.10. The van der Waals surface area contributed by atoms with Crippen LogP contribution in [0.25, 0.3) is 0 Å². The first kappa shape index (κ1) is 19.0. The number of benzene rings is 2. The van der Waals surface area contributed by atoms with Gasteiger partial charge in [0.05, 0.1) is 18.2 Å². The van der Waals surface area contributed by atoms with Gasteiger partial charge in [-0.05, 0) is 49.2 Å². The third kappa shape index (κ3) is 4.50. The Hall–Kier alpha value is -3.74. The maximum atomic E-state index is 12.4. The van der Waals surface area contributed by atoms with Crippen LogP contribution in [0.1, 0.15) is 31.8 Å². The van der Waals surface area contributed by atoms with E-state index in [1.54, 1.807) is 24.3 Å². The molecule has 3 aromatic rings. The molecule has 2 aromatic carbocycles. The fourth-order valence-electron chi connectivity index (χ4n) is 2.55. The van der Waals surface area contributed by atoms with Crippen molar-refractivity contribution in [3.05, 3.63) is 77.1 Å². The molecule has 28 heavy (non-hydrogen) atoms. The maximum Gasteiger partial charge on any atom is 0.337 e. The van der Waals surface area contributed by atoms with Gasteiger partial charge in [0, 0.05) is 23.8 Å². The number of nitrogens with zero attached hydrogens (tertiary/aromatic N) is 2. The van der Waals surface area contributed by atoms with Crippen molar-refractivity contribution in [3.8, 4) is 0 Å². The van der Waals surface area contributed by atoms with Gasteiger partial charge in [0.25, 0.3) is 5.91 Å². The Morgan fingerprint density at radius 3 is 2.43 bits per heavy atom. The first-order valence-corrected chi connectivity index (χ1v) is 8.62. The molecule has 0 aliphatic carbocycles. The smallest absolute Gasteiger partial charge is 0.337 e. The maximum absolute atomic E-state index is 12.4. The molecule has 0 unspecified atom stereocenters. The Balaban J connectivity index is 1.70. The second kappa shape index (κ2) is 8.30. The van der Waals surface area contributed by atoms with Gasteiger partial charge in [0.1, 0.15) is 0 Å². The average Bonchev–Trinajstić information content (AvgIpc) is 2.71. The molecule has 3 rings (SSSR count). The molecule has 0 atom stereocenters. The summed E-state index contributed by atoms with van der Waals surface area (Å²) in [7, 11) is 1.30. The van der Waals surface area contributed by atoms with Crippen molar-refractivity contribution < 1.29 is 14.3 Å². The second-order valence-corrected chi connectivity index (χ2v) is 6.27. The summed E-state index contributed by atoms with van der Waals surface area (Å²) in [5.41, 5.74) is 4.24. The van der Waals surface area contributed by atoms with Crippen LogP contribution in [-0.4, -0.2) is 29.0 Å². The molecule has 0 radical (unpaired) electrons. The lowest BCUT2D eigenvalue weighted by molar-refractivity contribution is 0.0600. The monoisotopic (exact) mass is 376 g/mol. The molecule has 0 aliphatic rings. The Labute approximate surface area is 162 Å². The molecule has 0 bridgehead atoms. The van der Waals surface area contributed by atoms with Gasteiger partial charge in [-0.3, -0.25) is 4.79 Å². The SMILES string of the molecule is COC(=O)c1cccc(NC(=O)c2cnc(Nc3cc(C)ccc3C)nc2)c1. The summed E-state index contributed by atoms with van der Waals surface area (Å²) < 4.78 is 4.68. The zero-order chi connectivity index (χ0) is 20.1. The lowest BCUT2D eigenvalue weighted by atomic mass is 10.1. The molecule has 2 N–H and O–H groups in total. The van der Waals surface area contributed by atoms with Crippen LogP contribution in [-0.2, 0) is 4.74 Å². The van der Waals surface area contributed by atoms with Crippen LogP contribution in [0.5, 0.6) is 0 Å². The predicted molar refractivity (Wildman–Crippen MR) is 107 cm³/mol. The molecule has 1 amide bonds. The highest BCUT2D eigenvalue weighted by atomic mass is 16.5. The Bertz CT molecular complexity index is 1020. The zero-order valence-electron chi connectivity index (χ0n) is 15.8. The van der Waals surface area contributed by atoms with Crippen LogP contribution in [0, 0.1) is 13.8 Å². The van der Waals surface area contributed by atoms with Gasteiger partial charge in [0.2, 0.25) is 5.95 Å². The van der Waals surface area contributed by atoms with Gasteiger partial charge >= 0.3 is 5.97 Å². The molecule has 7 heteroatoms. The number of esters is 1. The fraction of sp³-hybridized carbons (Fsp3) is 0.143. The van der Waals surface area contributed by atoms with E-state index < -0.39 is 5.97 Å². The van der Waals surface area contributed by atoms with Crippen LogP contribution < -0.4 is 10.6 Å². The van der Waals surface area contributed by atoms with Crippen molar-refractivity contribution in [2.45, 2.75) is 13.8 Å². The van der Waals surface area contributed by atoms with E-state index >= 15 is 0 Å². The van der Waals surface area contributed by atoms with Crippen LogP contribution in [0.3, 0.4) is 0 Å². The number of carbonyl (C=O) groups excluding carboxylic acids is 2. The number of carbonyl (C=O) groups is 2. The van der Waals surface area contributed by atoms with E-state index in [0.717, 1.165) is 16.8 Å². The molecule has 7 nitrogen and oxygen atoms in total. The van der Waals surface area contributed by atoms with E-state index in [4.69, 9.17) is 0 Å². The number of nitrogens with one attached hydrogen (secondary N) is 2. The van der Waals surface area contributed by atoms with Crippen LogP contribution in [0.4, 0.5) is 17.3 Å². The third-order valence-corrected chi connectivity index (χ3v) is 4.10. The van der Waals surface area contributed by atoms with E-state index in [0.29, 0.717) is 22.8 Å². The molecule has 0 saturated heterocycles. The average molecular weight is 376 g/mol. The minimum absolute atomic E-state index is 0.301. The summed E-state index contributed by atoms with van der Waals surface area (Å²) in [5, 5.41) is 5.87. The van der Waals surface area contributed by atoms with Crippen molar-refractivity contribution >= 4 is 29.2 Å². The van der Waals surface area contributed by atoms with E-state index in [9.17, 15) is 9.59 Å². The van der Waals surface area contributed by atoms with E-state index in [2.05, 4.69) is 25.3 Å². The lowest BCUT2D eigenvalue weighted by Crippen LogP contribution is -2.13. The highest BCUT2D eigenvalue weighted by molar-refractivity contribution is 6.04. The Morgan fingerprint density at radius 1 is 0.964 bits per heavy atom. The van der Waals surface area contributed by atoms with Crippen LogP contribution >= 0.6 is 0 Å². The number of amides is 1. The number of hydrogen-bond donors (Lipinski definition) is 2. The summed E-state index contributed by atoms with van der Waals surface area (Å²) in [6.45, 7) is 4.00. The van der Waals surface area contributed by atoms with E-state index in [1.165, 1.54) is 19.5 Å². The predicted octanol–water partition coefficient (Wildman–Crippen LogP) is 3.88. The topological polar surface area (TPSA) is 93.2 Å². The van der Waals surface area contributed by atoms with Crippen molar-refractivity contribution in [1.29, 1.82) is 0 Å². The van der Waals surface area contributed by atoms with Gasteiger partial charge in [-0.2, -0.15) is 0 Å². The normalized spacial score (nSPS) is 10.2. The standard InChI is InChI=1S/C21H20N4O3/c1-13-7-8-14(2)18(9-13)25-21-22-11-16(12-23-21)19(26)24-17-6-4-5-15(10-17)20(27)28-3/h4-12H,1-3H3,(H,24,26)(H,22,23,25). The van der Waals surface area contributed by atoms with Crippen molar-refractivity contribution in [2.24, 2.45) is 0 Å². The molecule has 0 saturated carbocycles. The molecular formula is C21H20N4O3. The van der Waals surface area contributed by atoms with Crippen molar-refractivity contribution in [2.75, 3.05) is 17.7 Å². The Morgan fingerprint density at radius 2 is 1.71 bits per heavy atom. The second-order valence-electron chi connectivity index (χ2n) is 6.27. The number of methoxy groups -OCH3 is 1. The van der Waals surface area contributed by atoms with Crippen LogP contribution in [0.2, 0.25) is 0 Å². The van der Waals surface area contributed by atoms with Gasteiger partial charge < -0.3 is 15.4 Å². The van der Waals surface area contributed by atoms with Gasteiger partial charge in [-0.25, -0.2) is 14.8 Å². The van der Waals surface area contributed by atoms with Gasteiger partial charge in [-0.15, -0.1) is 0 Å². The van der Waals surface area contributed by atoms with Gasteiger partial charge in [-0.1, -0.05) is 18.2 Å². The summed E-state index contributed by atoms with van der Waals surface area (Å²) in [5.74, 6) is -0.445. The zero-order valence-corrected chi connectivity index (χ0v) is 15.8. The summed E-state index contributed by atoms with van der Waals surface area (Å²) >= 11 is 0. The number of aryl methyl sites for hydroxylation is 2. The summed E-state index contributed by atoms with van der Waals surface area (Å²) in [6.07, 6.45) is 2.89. The largest absolute Gasteiger partial charge is 0.465 e. The number of aromatic nitrogens is 2. The number of rotatable bonds is 5. The highest BCUT2D eigenvalue weighted by Gasteiger charge is 2.11. The Kier molecular flexibility index (Phi) is 5.64. The summed E-state index contributed by atoms with van der Waals surface area (Å²) in [6, 6.07) is 12.6. The molecule has 142 valence electrons. The number of hydrogen-bond acceptors (Lipinski definition) is 6. The first-order valence-electron chi connectivity index (χ1n) is 8.62. The molecule has 1 aromatic heterocycles. The summed E-state index contributed by atoms with van der Waals surface area (Å²) in [4.78, 5) is 32.4. The fourth-order valence-corrected chi connectivity index (χ4v) is 2.55. The molecule has 0 fully saturated rings. The quantitative estimate of drug-likeness (QED) is 0.657. The van der Waals surface area contributed by atoms with Gasteiger partial charge in [0.15, 0.2) is 0 Å². The molecule has 1 heterocycles. The molecule has 0 spiro atoms. The lowest BCUT2D eigenvalue weighted by Gasteiger charge is -2.10. The number of ether oxygens (including phenoxy) is 1. The highest BCUT2D eigenvalue weighted by Crippen LogP contribution is 2.19. The van der Waals surface area contributed by atoms with Crippen molar-refractivity contribution in [1.82, 2.24) is 9.97 Å². The molecule has 0 aliphatic heterocycles. The first-order chi connectivity index (χ1) is 13.5. The van der Waals surface area contributed by atoms with Crippen molar-refractivity contribution in [3.63, 3.8) is 0 Å². The van der Waals surface area contributed by atoms with Crippen LogP contribution in [0.15, 0.2) is 54.9 Å². The minimum Gasteiger partial charge on any atom is -0.465 e. The molecular weight excluding hydrogens is 356 g/mol.